The number of hydrogen-bond acceptors (Lipinski definition) is 3. The third kappa shape index (κ3) is 5.17. The van der Waals surface area contributed by atoms with E-state index in [1.165, 1.54) is 0 Å². The summed E-state index contributed by atoms with van der Waals surface area (Å²) in [6.45, 7) is 0.428. The Morgan fingerprint density at radius 2 is 2.06 bits per heavy atom. The number of thiocarbonyl (C=S) groups is 1. The van der Waals surface area contributed by atoms with Crippen LogP contribution in [0.4, 0.5) is 10.5 Å². The Morgan fingerprint density at radius 1 is 1.41 bits per heavy atom. The molecule has 92 valence electrons. The summed E-state index contributed by atoms with van der Waals surface area (Å²) in [5.74, 6) is 0.740. The summed E-state index contributed by atoms with van der Waals surface area (Å²) >= 11 is 4.70. The van der Waals surface area contributed by atoms with Gasteiger partial charge >= 0.3 is 6.03 Å². The number of anilines is 1. The van der Waals surface area contributed by atoms with E-state index in [0.717, 1.165) is 5.75 Å². The number of methoxy groups -OCH3 is 1. The molecule has 0 unspecified atom stereocenters. The van der Waals surface area contributed by atoms with Crippen molar-refractivity contribution in [3.8, 4) is 5.75 Å². The van der Waals surface area contributed by atoms with Crippen LogP contribution in [0.3, 0.4) is 0 Å². The molecule has 5 nitrogen and oxygen atoms in total. The van der Waals surface area contributed by atoms with E-state index in [4.69, 9.17) is 22.7 Å². The molecule has 0 aliphatic heterocycles. The van der Waals surface area contributed by atoms with Gasteiger partial charge in [-0.25, -0.2) is 4.79 Å². The van der Waals surface area contributed by atoms with Crippen molar-refractivity contribution in [2.75, 3.05) is 19.0 Å². The van der Waals surface area contributed by atoms with Crippen LogP contribution in [0.2, 0.25) is 0 Å². The molecule has 1 aromatic carbocycles. The minimum absolute atomic E-state index is 0.286. The fraction of sp³-hybridized carbons (Fsp3) is 0.273. The molecule has 0 fully saturated rings. The molecule has 0 saturated carbocycles. The number of rotatable bonds is 5. The van der Waals surface area contributed by atoms with Crippen LogP contribution in [0.1, 0.15) is 6.42 Å². The number of carbonyl (C=O) groups is 1. The number of urea groups is 1. The maximum Gasteiger partial charge on any atom is 0.319 e. The Kier molecular flexibility index (Phi) is 5.22. The summed E-state index contributed by atoms with van der Waals surface area (Å²) in [5.41, 5.74) is 6.00. The third-order valence-corrected chi connectivity index (χ3v) is 2.21. The average molecular weight is 253 g/mol. The predicted octanol–water partition coefficient (Wildman–Crippen LogP) is 1.49. The molecule has 0 saturated heterocycles. The van der Waals surface area contributed by atoms with Crippen LogP contribution in [0.5, 0.6) is 5.75 Å². The van der Waals surface area contributed by atoms with Crippen LogP contribution >= 0.6 is 12.2 Å². The van der Waals surface area contributed by atoms with Gasteiger partial charge in [-0.05, 0) is 24.3 Å². The summed E-state index contributed by atoms with van der Waals surface area (Å²) in [6, 6.07) is 6.76. The van der Waals surface area contributed by atoms with Crippen LogP contribution in [-0.4, -0.2) is 24.7 Å². The number of nitrogens with one attached hydrogen (secondary N) is 2. The molecule has 4 N–H and O–H groups in total. The molecule has 6 heteroatoms. The SMILES string of the molecule is COc1ccc(NC(=O)NCCC(N)=S)cc1. The monoisotopic (exact) mass is 253 g/mol. The van der Waals surface area contributed by atoms with E-state index in [0.29, 0.717) is 23.6 Å². The van der Waals surface area contributed by atoms with Gasteiger partial charge in [0.25, 0.3) is 0 Å². The first-order valence-corrected chi connectivity index (χ1v) is 5.50. The van der Waals surface area contributed by atoms with E-state index in [1.807, 2.05) is 0 Å². The number of nitrogens with two attached hydrogens (primary N) is 1. The third-order valence-electron chi connectivity index (χ3n) is 2.00. The molecule has 1 aromatic rings. The van der Waals surface area contributed by atoms with E-state index in [1.54, 1.807) is 31.4 Å². The van der Waals surface area contributed by atoms with Crippen LogP contribution < -0.4 is 21.1 Å². The second-order valence-electron chi connectivity index (χ2n) is 3.33. The number of ether oxygens (including phenoxy) is 1. The first-order chi connectivity index (χ1) is 8.11. The lowest BCUT2D eigenvalue weighted by atomic mass is 10.3. The smallest absolute Gasteiger partial charge is 0.319 e. The van der Waals surface area contributed by atoms with Gasteiger partial charge in [0.05, 0.1) is 12.1 Å². The van der Waals surface area contributed by atoms with Gasteiger partial charge in [0.2, 0.25) is 0 Å². The standard InChI is InChI=1S/C11H15N3O2S/c1-16-9-4-2-8(3-5-9)14-11(15)13-7-6-10(12)17/h2-5H,6-7H2,1H3,(H2,12,17)(H2,13,14,15). The van der Waals surface area contributed by atoms with Gasteiger partial charge in [0, 0.05) is 18.7 Å². The normalized spacial score (nSPS) is 9.47. The molecule has 0 aliphatic rings. The lowest BCUT2D eigenvalue weighted by Crippen LogP contribution is -2.31. The zero-order valence-electron chi connectivity index (χ0n) is 9.53. The zero-order chi connectivity index (χ0) is 12.7. The van der Waals surface area contributed by atoms with Crippen molar-refractivity contribution in [2.24, 2.45) is 5.73 Å². The van der Waals surface area contributed by atoms with Gasteiger partial charge in [-0.15, -0.1) is 0 Å². The highest BCUT2D eigenvalue weighted by Gasteiger charge is 2.01. The number of amides is 2. The summed E-state index contributed by atoms with van der Waals surface area (Å²) in [6.07, 6.45) is 0.491. The molecule has 1 rings (SSSR count). The van der Waals surface area contributed by atoms with E-state index in [9.17, 15) is 4.79 Å². The van der Waals surface area contributed by atoms with Crippen molar-refractivity contribution in [3.05, 3.63) is 24.3 Å². The van der Waals surface area contributed by atoms with Crippen molar-refractivity contribution in [1.29, 1.82) is 0 Å². The highest BCUT2D eigenvalue weighted by Crippen LogP contribution is 2.14. The number of benzene rings is 1. The Morgan fingerprint density at radius 3 is 2.59 bits per heavy atom. The Balaban J connectivity index is 2.37. The fourth-order valence-corrected chi connectivity index (χ4v) is 1.25. The van der Waals surface area contributed by atoms with Gasteiger partial charge in [0.1, 0.15) is 5.75 Å². The topological polar surface area (TPSA) is 76.4 Å². The Bertz CT molecular complexity index is 392. The molecular formula is C11H15N3O2S. The van der Waals surface area contributed by atoms with Crippen molar-refractivity contribution in [3.63, 3.8) is 0 Å². The summed E-state index contributed by atoms with van der Waals surface area (Å²) in [7, 11) is 1.59. The van der Waals surface area contributed by atoms with E-state index < -0.39 is 0 Å². The summed E-state index contributed by atoms with van der Waals surface area (Å²) in [4.78, 5) is 11.8. The second-order valence-corrected chi connectivity index (χ2v) is 3.85. The van der Waals surface area contributed by atoms with E-state index in [2.05, 4.69) is 10.6 Å². The van der Waals surface area contributed by atoms with Crippen LogP contribution in [0, 0.1) is 0 Å². The molecule has 0 bridgehead atoms. The van der Waals surface area contributed by atoms with Gasteiger partial charge in [-0.3, -0.25) is 0 Å². The number of carbonyl (C=O) groups excluding carboxylic acids is 1. The summed E-state index contributed by atoms with van der Waals surface area (Å²) < 4.78 is 5.01. The fourth-order valence-electron chi connectivity index (χ4n) is 1.15. The van der Waals surface area contributed by atoms with Crippen molar-refractivity contribution >= 4 is 28.9 Å². The second kappa shape index (κ2) is 6.70. The van der Waals surface area contributed by atoms with Gasteiger partial charge in [-0.1, -0.05) is 12.2 Å². The average Bonchev–Trinajstić information content (AvgIpc) is 2.29. The Hall–Kier alpha value is -1.82. The quantitative estimate of drug-likeness (QED) is 0.695. The molecule has 0 atom stereocenters. The minimum Gasteiger partial charge on any atom is -0.497 e. The lowest BCUT2D eigenvalue weighted by molar-refractivity contribution is 0.252. The van der Waals surface area contributed by atoms with Gasteiger partial charge in [-0.2, -0.15) is 0 Å². The van der Waals surface area contributed by atoms with Crippen molar-refractivity contribution < 1.29 is 9.53 Å². The van der Waals surface area contributed by atoms with Gasteiger partial charge in [0.15, 0.2) is 0 Å². The van der Waals surface area contributed by atoms with E-state index >= 15 is 0 Å². The van der Waals surface area contributed by atoms with E-state index in [-0.39, 0.29) is 6.03 Å². The Labute approximate surface area is 105 Å². The summed E-state index contributed by atoms with van der Waals surface area (Å²) in [5, 5.41) is 5.32. The highest BCUT2D eigenvalue weighted by atomic mass is 32.1. The zero-order valence-corrected chi connectivity index (χ0v) is 10.3. The molecule has 0 aromatic heterocycles. The maximum atomic E-state index is 11.4. The largest absolute Gasteiger partial charge is 0.497 e. The molecule has 2 amide bonds. The van der Waals surface area contributed by atoms with Crippen LogP contribution in [0.25, 0.3) is 0 Å². The number of hydrogen-bond donors (Lipinski definition) is 3. The van der Waals surface area contributed by atoms with Crippen LogP contribution in [0.15, 0.2) is 24.3 Å². The lowest BCUT2D eigenvalue weighted by Gasteiger charge is -2.07. The van der Waals surface area contributed by atoms with Crippen molar-refractivity contribution in [1.82, 2.24) is 5.32 Å². The first kappa shape index (κ1) is 13.2. The highest BCUT2D eigenvalue weighted by molar-refractivity contribution is 7.80. The first-order valence-electron chi connectivity index (χ1n) is 5.09. The molecule has 0 heterocycles. The minimum atomic E-state index is -0.286. The van der Waals surface area contributed by atoms with Gasteiger partial charge < -0.3 is 21.1 Å². The molecule has 0 aliphatic carbocycles. The van der Waals surface area contributed by atoms with Crippen LogP contribution in [-0.2, 0) is 0 Å². The molecule has 0 spiro atoms. The van der Waals surface area contributed by atoms with Crippen molar-refractivity contribution in [2.45, 2.75) is 6.42 Å². The predicted molar refractivity (Wildman–Crippen MR) is 71.4 cm³/mol. The molecule has 17 heavy (non-hydrogen) atoms. The molecule has 0 radical (unpaired) electrons. The maximum absolute atomic E-state index is 11.4. The molecular weight excluding hydrogens is 238 g/mol.